The first-order valence-electron chi connectivity index (χ1n) is 9.24. The Morgan fingerprint density at radius 3 is 2.44 bits per heavy atom. The molecule has 0 unspecified atom stereocenters. The number of halogens is 2. The van der Waals surface area contributed by atoms with Crippen LogP contribution in [-0.4, -0.2) is 38.2 Å². The van der Waals surface area contributed by atoms with Gasteiger partial charge in [0, 0.05) is 35.2 Å². The number of nitrogens with zero attached hydrogens (tertiary/aromatic N) is 1. The molecule has 2 aromatic rings. The van der Waals surface area contributed by atoms with E-state index in [1.54, 1.807) is 19.2 Å². The highest BCUT2D eigenvalue weighted by Crippen LogP contribution is 2.30. The van der Waals surface area contributed by atoms with Gasteiger partial charge in [0.15, 0.2) is 11.5 Å². The number of benzene rings is 2. The van der Waals surface area contributed by atoms with Gasteiger partial charge in [-0.2, -0.15) is 0 Å². The van der Waals surface area contributed by atoms with Crippen molar-refractivity contribution in [1.29, 1.82) is 0 Å². The van der Waals surface area contributed by atoms with Crippen molar-refractivity contribution in [2.24, 2.45) is 0 Å². The smallest absolute Gasteiger partial charge is 0.161 e. The quantitative estimate of drug-likeness (QED) is 0.527. The van der Waals surface area contributed by atoms with Crippen LogP contribution in [0.4, 0.5) is 0 Å². The SMILES string of the molecule is CCN(CC)CCNCc1ccc(OCc2ccc(Cl)cc2Cl)c(OC)c1. The lowest BCUT2D eigenvalue weighted by molar-refractivity contribution is 0.284. The van der Waals surface area contributed by atoms with Crippen molar-refractivity contribution in [3.05, 3.63) is 57.6 Å². The molecule has 2 aromatic carbocycles. The van der Waals surface area contributed by atoms with Gasteiger partial charge in [-0.1, -0.05) is 49.2 Å². The zero-order chi connectivity index (χ0) is 19.6. The number of hydrogen-bond donors (Lipinski definition) is 1. The van der Waals surface area contributed by atoms with E-state index in [1.807, 2.05) is 24.3 Å². The first kappa shape index (κ1) is 21.8. The summed E-state index contributed by atoms with van der Waals surface area (Å²) in [6.45, 7) is 9.68. The Balaban J connectivity index is 1.91. The van der Waals surface area contributed by atoms with Crippen LogP contribution in [0.2, 0.25) is 10.0 Å². The second kappa shape index (κ2) is 11.4. The molecule has 148 valence electrons. The summed E-state index contributed by atoms with van der Waals surface area (Å²) in [5, 5.41) is 4.68. The van der Waals surface area contributed by atoms with Gasteiger partial charge in [-0.15, -0.1) is 0 Å². The number of likely N-dealkylation sites (N-methyl/N-ethyl adjacent to an activating group) is 1. The fraction of sp³-hybridized carbons (Fsp3) is 0.429. The van der Waals surface area contributed by atoms with Crippen LogP contribution in [0.5, 0.6) is 11.5 Å². The molecule has 0 aliphatic carbocycles. The molecule has 6 heteroatoms. The fourth-order valence-electron chi connectivity index (χ4n) is 2.75. The lowest BCUT2D eigenvalue weighted by Gasteiger charge is -2.18. The summed E-state index contributed by atoms with van der Waals surface area (Å²) >= 11 is 12.1. The standard InChI is InChI=1S/C21H28Cl2N2O2/c1-4-25(5-2)11-10-24-14-16-6-9-20(21(12-16)26-3)27-15-17-7-8-18(22)13-19(17)23/h6-9,12-13,24H,4-5,10-11,14-15H2,1-3H3. The van der Waals surface area contributed by atoms with E-state index >= 15 is 0 Å². The van der Waals surface area contributed by atoms with Gasteiger partial charge in [0.2, 0.25) is 0 Å². The summed E-state index contributed by atoms with van der Waals surface area (Å²) in [7, 11) is 1.65. The minimum atomic E-state index is 0.355. The topological polar surface area (TPSA) is 33.7 Å². The van der Waals surface area contributed by atoms with Crippen LogP contribution in [0, 0.1) is 0 Å². The molecule has 0 spiro atoms. The molecule has 0 aliphatic heterocycles. The lowest BCUT2D eigenvalue weighted by Crippen LogP contribution is -2.31. The minimum Gasteiger partial charge on any atom is -0.493 e. The third-order valence-electron chi connectivity index (χ3n) is 4.45. The number of rotatable bonds is 11. The molecule has 0 aromatic heterocycles. The van der Waals surface area contributed by atoms with Gasteiger partial charge < -0.3 is 19.7 Å². The first-order chi connectivity index (χ1) is 13.1. The normalized spacial score (nSPS) is 11.0. The Morgan fingerprint density at radius 2 is 1.78 bits per heavy atom. The molecule has 27 heavy (non-hydrogen) atoms. The van der Waals surface area contributed by atoms with Gasteiger partial charge in [-0.25, -0.2) is 0 Å². The van der Waals surface area contributed by atoms with Crippen LogP contribution in [-0.2, 0) is 13.2 Å². The second-order valence-electron chi connectivity index (χ2n) is 6.21. The molecule has 0 bridgehead atoms. The third kappa shape index (κ3) is 6.89. The molecule has 0 fully saturated rings. The van der Waals surface area contributed by atoms with E-state index in [-0.39, 0.29) is 0 Å². The van der Waals surface area contributed by atoms with E-state index in [9.17, 15) is 0 Å². The monoisotopic (exact) mass is 410 g/mol. The summed E-state index contributed by atoms with van der Waals surface area (Å²) in [5.41, 5.74) is 2.04. The van der Waals surface area contributed by atoms with Crippen molar-refractivity contribution in [1.82, 2.24) is 10.2 Å². The molecule has 2 rings (SSSR count). The van der Waals surface area contributed by atoms with Crippen LogP contribution < -0.4 is 14.8 Å². The second-order valence-corrected chi connectivity index (χ2v) is 7.06. The third-order valence-corrected chi connectivity index (χ3v) is 5.04. The number of methoxy groups -OCH3 is 1. The maximum Gasteiger partial charge on any atom is 0.161 e. The maximum absolute atomic E-state index is 6.20. The van der Waals surface area contributed by atoms with Crippen molar-refractivity contribution in [2.75, 3.05) is 33.3 Å². The summed E-state index contributed by atoms with van der Waals surface area (Å²) < 4.78 is 11.4. The Morgan fingerprint density at radius 1 is 1.00 bits per heavy atom. The van der Waals surface area contributed by atoms with Gasteiger partial charge >= 0.3 is 0 Å². The van der Waals surface area contributed by atoms with Gasteiger partial charge in [-0.05, 0) is 42.9 Å². The Bertz CT molecular complexity index is 721. The molecule has 4 nitrogen and oxygen atoms in total. The largest absolute Gasteiger partial charge is 0.493 e. The molecule has 0 aliphatic rings. The number of hydrogen-bond acceptors (Lipinski definition) is 4. The highest BCUT2D eigenvalue weighted by Gasteiger charge is 2.08. The first-order valence-corrected chi connectivity index (χ1v) is 9.99. The molecule has 0 saturated carbocycles. The van der Waals surface area contributed by atoms with Crippen molar-refractivity contribution in [3.8, 4) is 11.5 Å². The number of nitrogens with one attached hydrogen (secondary N) is 1. The summed E-state index contributed by atoms with van der Waals surface area (Å²) in [5.74, 6) is 1.40. The Hall–Kier alpha value is -1.46. The van der Waals surface area contributed by atoms with Crippen molar-refractivity contribution < 1.29 is 9.47 Å². The predicted molar refractivity (Wildman–Crippen MR) is 113 cm³/mol. The van der Waals surface area contributed by atoms with Crippen LogP contribution in [0.15, 0.2) is 36.4 Å². The molecule has 0 radical (unpaired) electrons. The van der Waals surface area contributed by atoms with E-state index < -0.39 is 0 Å². The molecule has 0 heterocycles. The van der Waals surface area contributed by atoms with Gasteiger partial charge in [-0.3, -0.25) is 0 Å². The van der Waals surface area contributed by atoms with Crippen LogP contribution in [0.1, 0.15) is 25.0 Å². The van der Waals surface area contributed by atoms with Crippen molar-refractivity contribution >= 4 is 23.2 Å². The molecular formula is C21H28Cl2N2O2. The van der Waals surface area contributed by atoms with Gasteiger partial charge in [0.25, 0.3) is 0 Å². The summed E-state index contributed by atoms with van der Waals surface area (Å²) in [6, 6.07) is 11.4. The molecule has 0 saturated heterocycles. The minimum absolute atomic E-state index is 0.355. The maximum atomic E-state index is 6.20. The lowest BCUT2D eigenvalue weighted by atomic mass is 10.2. The van der Waals surface area contributed by atoms with Crippen molar-refractivity contribution in [3.63, 3.8) is 0 Å². The summed E-state index contributed by atoms with van der Waals surface area (Å²) in [4.78, 5) is 2.40. The highest BCUT2D eigenvalue weighted by molar-refractivity contribution is 6.35. The average Bonchev–Trinajstić information content (AvgIpc) is 2.68. The highest BCUT2D eigenvalue weighted by atomic mass is 35.5. The van der Waals surface area contributed by atoms with E-state index in [1.165, 1.54) is 0 Å². The van der Waals surface area contributed by atoms with Crippen LogP contribution in [0.3, 0.4) is 0 Å². The van der Waals surface area contributed by atoms with E-state index in [0.29, 0.717) is 28.2 Å². The van der Waals surface area contributed by atoms with E-state index in [2.05, 4.69) is 24.1 Å². The summed E-state index contributed by atoms with van der Waals surface area (Å²) in [6.07, 6.45) is 0. The number of ether oxygens (including phenoxy) is 2. The van der Waals surface area contributed by atoms with Gasteiger partial charge in [0.1, 0.15) is 6.61 Å². The zero-order valence-electron chi connectivity index (χ0n) is 16.2. The van der Waals surface area contributed by atoms with Crippen LogP contribution >= 0.6 is 23.2 Å². The average molecular weight is 411 g/mol. The Kier molecular flexibility index (Phi) is 9.22. The van der Waals surface area contributed by atoms with Gasteiger partial charge in [0.05, 0.1) is 7.11 Å². The molecular weight excluding hydrogens is 383 g/mol. The van der Waals surface area contributed by atoms with Crippen molar-refractivity contribution in [2.45, 2.75) is 27.0 Å². The van der Waals surface area contributed by atoms with Crippen LogP contribution in [0.25, 0.3) is 0 Å². The zero-order valence-corrected chi connectivity index (χ0v) is 17.7. The predicted octanol–water partition coefficient (Wildman–Crippen LogP) is 5.01. The van der Waals surface area contributed by atoms with E-state index in [0.717, 1.165) is 43.9 Å². The fourth-order valence-corrected chi connectivity index (χ4v) is 3.21. The molecule has 0 atom stereocenters. The molecule has 1 N–H and O–H groups in total. The Labute approximate surface area is 172 Å². The van der Waals surface area contributed by atoms with E-state index in [4.69, 9.17) is 32.7 Å². The molecule has 0 amide bonds.